The van der Waals surface area contributed by atoms with E-state index in [-0.39, 0.29) is 0 Å². The van der Waals surface area contributed by atoms with E-state index in [0.717, 1.165) is 37.6 Å². The Kier molecular flexibility index (Phi) is 4.26. The Labute approximate surface area is 125 Å². The van der Waals surface area contributed by atoms with Gasteiger partial charge in [-0.2, -0.15) is 0 Å². The summed E-state index contributed by atoms with van der Waals surface area (Å²) in [5.74, 6) is 0.303. The number of phenolic OH excluding ortho intramolecular Hbond substituents is 1. The fourth-order valence-corrected chi connectivity index (χ4v) is 2.48. The molecule has 0 atom stereocenters. The van der Waals surface area contributed by atoms with E-state index in [1.54, 1.807) is 12.1 Å². The van der Waals surface area contributed by atoms with Gasteiger partial charge in [-0.1, -0.05) is 12.1 Å². The summed E-state index contributed by atoms with van der Waals surface area (Å²) in [5, 5.41) is 12.8. The summed E-state index contributed by atoms with van der Waals surface area (Å²) in [6.45, 7) is 4.21. The van der Waals surface area contributed by atoms with Crippen LogP contribution in [0.1, 0.15) is 5.56 Å². The fourth-order valence-electron chi connectivity index (χ4n) is 2.48. The first-order chi connectivity index (χ1) is 10.3. The van der Waals surface area contributed by atoms with Crippen molar-refractivity contribution in [3.63, 3.8) is 0 Å². The van der Waals surface area contributed by atoms with Crippen LogP contribution in [0.25, 0.3) is 0 Å². The molecule has 0 aromatic heterocycles. The smallest absolute Gasteiger partial charge is 0.115 e. The lowest BCUT2D eigenvalue weighted by atomic mass is 10.2. The average molecular weight is 284 g/mol. The Hall–Kier alpha value is -2.20. The van der Waals surface area contributed by atoms with Crippen LogP contribution in [0.2, 0.25) is 0 Å². The van der Waals surface area contributed by atoms with Gasteiger partial charge in [0.2, 0.25) is 0 Å². The van der Waals surface area contributed by atoms with Gasteiger partial charge in [-0.3, -0.25) is 0 Å². The minimum atomic E-state index is 0.303. The second kappa shape index (κ2) is 6.50. The van der Waals surface area contributed by atoms with Gasteiger partial charge in [0.15, 0.2) is 0 Å². The molecule has 1 aliphatic rings. The van der Waals surface area contributed by atoms with Crippen LogP contribution in [0, 0.1) is 0 Å². The minimum Gasteiger partial charge on any atom is -0.508 e. The van der Waals surface area contributed by atoms with Crippen LogP contribution in [-0.4, -0.2) is 31.4 Å². The average Bonchev–Trinajstić information content (AvgIpc) is 2.54. The molecule has 2 N–H and O–H groups in total. The second-order valence-electron chi connectivity index (χ2n) is 5.17. The Morgan fingerprint density at radius 1 is 1.05 bits per heavy atom. The molecular weight excluding hydrogens is 264 g/mol. The summed E-state index contributed by atoms with van der Waals surface area (Å²) in [4.78, 5) is 2.34. The Balaban J connectivity index is 1.59. The van der Waals surface area contributed by atoms with E-state index in [1.165, 1.54) is 5.69 Å². The van der Waals surface area contributed by atoms with Crippen LogP contribution in [-0.2, 0) is 11.3 Å². The number of hydrogen-bond acceptors (Lipinski definition) is 4. The topological polar surface area (TPSA) is 44.7 Å². The predicted octanol–water partition coefficient (Wildman–Crippen LogP) is 2.84. The quantitative estimate of drug-likeness (QED) is 0.906. The number of nitrogens with one attached hydrogen (secondary N) is 1. The highest BCUT2D eigenvalue weighted by Crippen LogP contribution is 2.20. The molecular formula is C17H20N2O2. The number of anilines is 2. The van der Waals surface area contributed by atoms with E-state index >= 15 is 0 Å². The first-order valence-electron chi connectivity index (χ1n) is 7.26. The van der Waals surface area contributed by atoms with Crippen molar-refractivity contribution in [1.29, 1.82) is 0 Å². The SMILES string of the molecule is Oc1cccc(CNc2ccc(N3CCOCC3)cc2)c1. The molecule has 1 aliphatic heterocycles. The zero-order chi connectivity index (χ0) is 14.5. The van der Waals surface area contributed by atoms with Gasteiger partial charge in [-0.25, -0.2) is 0 Å². The highest BCUT2D eigenvalue weighted by atomic mass is 16.5. The minimum absolute atomic E-state index is 0.303. The fraction of sp³-hybridized carbons (Fsp3) is 0.294. The molecule has 1 fully saturated rings. The largest absolute Gasteiger partial charge is 0.508 e. The van der Waals surface area contributed by atoms with Crippen LogP contribution >= 0.6 is 0 Å². The predicted molar refractivity (Wildman–Crippen MR) is 84.9 cm³/mol. The summed E-state index contributed by atoms with van der Waals surface area (Å²) >= 11 is 0. The molecule has 0 radical (unpaired) electrons. The molecule has 3 rings (SSSR count). The van der Waals surface area contributed by atoms with Gasteiger partial charge in [0.1, 0.15) is 5.75 Å². The zero-order valence-corrected chi connectivity index (χ0v) is 12.0. The number of ether oxygens (including phenoxy) is 1. The summed E-state index contributed by atoms with van der Waals surface area (Å²) in [6.07, 6.45) is 0. The monoisotopic (exact) mass is 284 g/mol. The molecule has 0 aliphatic carbocycles. The van der Waals surface area contributed by atoms with Crippen molar-refractivity contribution >= 4 is 11.4 Å². The second-order valence-corrected chi connectivity index (χ2v) is 5.17. The van der Waals surface area contributed by atoms with Crippen LogP contribution in [0.15, 0.2) is 48.5 Å². The maximum Gasteiger partial charge on any atom is 0.115 e. The lowest BCUT2D eigenvalue weighted by Gasteiger charge is -2.28. The summed E-state index contributed by atoms with van der Waals surface area (Å²) in [7, 11) is 0. The van der Waals surface area contributed by atoms with Gasteiger partial charge in [-0.05, 0) is 42.0 Å². The van der Waals surface area contributed by atoms with Crippen molar-refractivity contribution < 1.29 is 9.84 Å². The third-order valence-electron chi connectivity index (χ3n) is 3.65. The molecule has 2 aromatic rings. The number of rotatable bonds is 4. The lowest BCUT2D eigenvalue weighted by molar-refractivity contribution is 0.122. The first-order valence-corrected chi connectivity index (χ1v) is 7.26. The molecule has 4 nitrogen and oxygen atoms in total. The molecule has 2 aromatic carbocycles. The number of nitrogens with zero attached hydrogens (tertiary/aromatic N) is 1. The molecule has 0 unspecified atom stereocenters. The van der Waals surface area contributed by atoms with Crippen molar-refractivity contribution in [3.8, 4) is 5.75 Å². The molecule has 0 bridgehead atoms. The van der Waals surface area contributed by atoms with E-state index in [0.29, 0.717) is 12.3 Å². The Morgan fingerprint density at radius 3 is 2.52 bits per heavy atom. The van der Waals surface area contributed by atoms with Gasteiger partial charge in [-0.15, -0.1) is 0 Å². The summed E-state index contributed by atoms with van der Waals surface area (Å²) < 4.78 is 5.37. The number of aromatic hydroxyl groups is 1. The van der Waals surface area contributed by atoms with E-state index in [9.17, 15) is 5.11 Å². The van der Waals surface area contributed by atoms with Crippen molar-refractivity contribution in [1.82, 2.24) is 0 Å². The van der Waals surface area contributed by atoms with Gasteiger partial charge in [0, 0.05) is 31.0 Å². The molecule has 4 heteroatoms. The molecule has 0 saturated carbocycles. The van der Waals surface area contributed by atoms with Crippen LogP contribution < -0.4 is 10.2 Å². The normalized spacial score (nSPS) is 15.0. The lowest BCUT2D eigenvalue weighted by Crippen LogP contribution is -2.36. The van der Waals surface area contributed by atoms with Gasteiger partial charge < -0.3 is 20.1 Å². The van der Waals surface area contributed by atoms with Crippen LogP contribution in [0.5, 0.6) is 5.75 Å². The molecule has 0 amide bonds. The van der Waals surface area contributed by atoms with Crippen molar-refractivity contribution in [3.05, 3.63) is 54.1 Å². The van der Waals surface area contributed by atoms with E-state index in [4.69, 9.17) is 4.74 Å². The number of hydrogen-bond donors (Lipinski definition) is 2. The van der Waals surface area contributed by atoms with E-state index < -0.39 is 0 Å². The van der Waals surface area contributed by atoms with Crippen molar-refractivity contribution in [2.24, 2.45) is 0 Å². The number of benzene rings is 2. The summed E-state index contributed by atoms with van der Waals surface area (Å²) in [6, 6.07) is 15.8. The van der Waals surface area contributed by atoms with Crippen LogP contribution in [0.4, 0.5) is 11.4 Å². The number of morpholine rings is 1. The van der Waals surface area contributed by atoms with E-state index in [2.05, 4.69) is 34.5 Å². The third kappa shape index (κ3) is 3.67. The Morgan fingerprint density at radius 2 is 1.81 bits per heavy atom. The van der Waals surface area contributed by atoms with Gasteiger partial charge >= 0.3 is 0 Å². The molecule has 0 spiro atoms. The van der Waals surface area contributed by atoms with Gasteiger partial charge in [0.25, 0.3) is 0 Å². The molecule has 1 heterocycles. The number of phenols is 1. The highest BCUT2D eigenvalue weighted by Gasteiger charge is 2.10. The van der Waals surface area contributed by atoms with Crippen LogP contribution in [0.3, 0.4) is 0 Å². The summed E-state index contributed by atoms with van der Waals surface area (Å²) in [5.41, 5.74) is 3.38. The Bertz CT molecular complexity index is 578. The van der Waals surface area contributed by atoms with Crippen molar-refractivity contribution in [2.45, 2.75) is 6.54 Å². The molecule has 110 valence electrons. The standard InChI is InChI=1S/C17H20N2O2/c20-17-3-1-2-14(12-17)13-18-15-4-6-16(7-5-15)19-8-10-21-11-9-19/h1-7,12,18,20H,8-11,13H2. The van der Waals surface area contributed by atoms with E-state index in [1.807, 2.05) is 12.1 Å². The van der Waals surface area contributed by atoms with Crippen molar-refractivity contribution in [2.75, 3.05) is 36.5 Å². The highest BCUT2D eigenvalue weighted by molar-refractivity contribution is 5.55. The first kappa shape index (κ1) is 13.8. The third-order valence-corrected chi connectivity index (χ3v) is 3.65. The zero-order valence-electron chi connectivity index (χ0n) is 12.0. The maximum absolute atomic E-state index is 9.45. The molecule has 21 heavy (non-hydrogen) atoms. The molecule has 1 saturated heterocycles. The van der Waals surface area contributed by atoms with Gasteiger partial charge in [0.05, 0.1) is 13.2 Å². The maximum atomic E-state index is 9.45.